The maximum atomic E-state index is 13.1. The molecule has 1 aliphatic carbocycles. The molecule has 0 aromatic heterocycles. The third kappa shape index (κ3) is 4.46. The minimum atomic E-state index is -4.32. The fourth-order valence-corrected chi connectivity index (χ4v) is 6.20. The number of piperazine rings is 1. The molecular formula is C23H33F3N3O+. The van der Waals surface area contributed by atoms with Crippen LogP contribution in [0, 0.1) is 10.8 Å². The third-order valence-corrected chi connectivity index (χ3v) is 7.15. The van der Waals surface area contributed by atoms with Crippen molar-refractivity contribution < 1.29 is 22.9 Å². The molecule has 0 spiro atoms. The van der Waals surface area contributed by atoms with Crippen molar-refractivity contribution in [3.05, 3.63) is 29.8 Å². The van der Waals surface area contributed by atoms with Crippen molar-refractivity contribution >= 4 is 11.6 Å². The smallest absolute Gasteiger partial charge is 0.360 e. The van der Waals surface area contributed by atoms with E-state index in [2.05, 4.69) is 25.7 Å². The zero-order valence-electron chi connectivity index (χ0n) is 18.2. The average molecular weight is 425 g/mol. The quantitative estimate of drug-likeness (QED) is 0.808. The highest BCUT2D eigenvalue weighted by Gasteiger charge is 2.51. The van der Waals surface area contributed by atoms with E-state index in [9.17, 15) is 18.0 Å². The number of nitrogens with one attached hydrogen (secondary N) is 1. The first-order chi connectivity index (χ1) is 13.9. The van der Waals surface area contributed by atoms with Gasteiger partial charge in [-0.05, 0) is 48.3 Å². The molecule has 4 rings (SSSR count). The molecule has 3 fully saturated rings. The van der Waals surface area contributed by atoms with Gasteiger partial charge in [-0.25, -0.2) is 0 Å². The summed E-state index contributed by atoms with van der Waals surface area (Å²) in [5.74, 6) is 0.240. The molecule has 30 heavy (non-hydrogen) atoms. The van der Waals surface area contributed by atoms with E-state index in [0.717, 1.165) is 38.5 Å². The van der Waals surface area contributed by atoms with E-state index < -0.39 is 11.7 Å². The van der Waals surface area contributed by atoms with Crippen LogP contribution in [0.25, 0.3) is 0 Å². The Bertz CT molecular complexity index is 801. The maximum absolute atomic E-state index is 13.1. The highest BCUT2D eigenvalue weighted by Crippen LogP contribution is 2.52. The largest absolute Gasteiger partial charge is 0.416 e. The van der Waals surface area contributed by atoms with Crippen LogP contribution in [-0.4, -0.2) is 56.1 Å². The lowest BCUT2D eigenvalue weighted by atomic mass is 9.65. The molecule has 1 amide bonds. The molecule has 2 bridgehead atoms. The number of anilines is 1. The Kier molecular flexibility index (Phi) is 5.32. The normalized spacial score (nSPS) is 29.3. The summed E-state index contributed by atoms with van der Waals surface area (Å²) < 4.78 is 39.0. The van der Waals surface area contributed by atoms with Gasteiger partial charge in [-0.3, -0.25) is 4.79 Å². The molecule has 2 aliphatic heterocycles. The second kappa shape index (κ2) is 7.43. The highest BCUT2D eigenvalue weighted by molar-refractivity contribution is 5.78. The monoisotopic (exact) mass is 424 g/mol. The van der Waals surface area contributed by atoms with Gasteiger partial charge in [-0.1, -0.05) is 26.8 Å². The van der Waals surface area contributed by atoms with Crippen LogP contribution in [0.5, 0.6) is 0 Å². The van der Waals surface area contributed by atoms with Crippen LogP contribution in [0.3, 0.4) is 0 Å². The highest BCUT2D eigenvalue weighted by atomic mass is 19.4. The van der Waals surface area contributed by atoms with E-state index in [-0.39, 0.29) is 16.7 Å². The number of fused-ring (bicyclic) bond motifs is 2. The molecule has 2 heterocycles. The summed E-state index contributed by atoms with van der Waals surface area (Å²) in [5, 5.41) is 0. The molecule has 4 nitrogen and oxygen atoms in total. The van der Waals surface area contributed by atoms with Crippen LogP contribution in [-0.2, 0) is 11.0 Å². The first-order valence-corrected chi connectivity index (χ1v) is 11.0. The van der Waals surface area contributed by atoms with E-state index in [4.69, 9.17) is 0 Å². The summed E-state index contributed by atoms with van der Waals surface area (Å²) in [7, 11) is 0. The summed E-state index contributed by atoms with van der Waals surface area (Å²) in [6.07, 6.45) is -0.967. The maximum Gasteiger partial charge on any atom is 0.416 e. The SMILES string of the molecule is CC1(C)C[C@H]2C[C@](C)(CN2C(=O)C[NH+]2CCN(c3cccc(C(F)(F)F)c3)CC2)C1. The Morgan fingerprint density at radius 2 is 1.87 bits per heavy atom. The molecule has 3 aliphatic rings. The van der Waals surface area contributed by atoms with Gasteiger partial charge < -0.3 is 14.7 Å². The van der Waals surface area contributed by atoms with Gasteiger partial charge in [0.15, 0.2) is 6.54 Å². The predicted octanol–water partition coefficient (Wildman–Crippen LogP) is 2.84. The van der Waals surface area contributed by atoms with Crippen LogP contribution in [0.2, 0.25) is 0 Å². The second-order valence-corrected chi connectivity index (χ2v) is 10.7. The number of halogens is 3. The molecule has 1 saturated carbocycles. The Morgan fingerprint density at radius 1 is 1.17 bits per heavy atom. The van der Waals surface area contributed by atoms with Gasteiger partial charge in [-0.2, -0.15) is 13.2 Å². The first-order valence-electron chi connectivity index (χ1n) is 11.0. The molecule has 2 atom stereocenters. The number of hydrogen-bond donors (Lipinski definition) is 1. The van der Waals surface area contributed by atoms with Crippen LogP contribution in [0.15, 0.2) is 24.3 Å². The zero-order chi connectivity index (χ0) is 21.7. The van der Waals surface area contributed by atoms with E-state index in [1.165, 1.54) is 23.5 Å². The molecule has 7 heteroatoms. The topological polar surface area (TPSA) is 28.0 Å². The zero-order valence-corrected chi connectivity index (χ0v) is 18.2. The van der Waals surface area contributed by atoms with E-state index in [1.807, 2.05) is 4.90 Å². The number of benzene rings is 1. The molecule has 1 N–H and O–H groups in total. The number of likely N-dealkylation sites (tertiary alicyclic amines) is 1. The van der Waals surface area contributed by atoms with Crippen molar-refractivity contribution in [2.75, 3.05) is 44.2 Å². The number of alkyl halides is 3. The van der Waals surface area contributed by atoms with Gasteiger partial charge >= 0.3 is 6.18 Å². The average Bonchev–Trinajstić information content (AvgIpc) is 2.90. The van der Waals surface area contributed by atoms with Crippen LogP contribution in [0.4, 0.5) is 18.9 Å². The number of hydrogen-bond acceptors (Lipinski definition) is 2. The van der Waals surface area contributed by atoms with Crippen LogP contribution < -0.4 is 9.80 Å². The second-order valence-electron chi connectivity index (χ2n) is 10.7. The van der Waals surface area contributed by atoms with Crippen molar-refractivity contribution in [3.8, 4) is 0 Å². The van der Waals surface area contributed by atoms with E-state index in [0.29, 0.717) is 31.4 Å². The number of nitrogens with zero attached hydrogens (tertiary/aromatic N) is 2. The lowest BCUT2D eigenvalue weighted by Gasteiger charge is -2.39. The minimum Gasteiger partial charge on any atom is -0.360 e. The van der Waals surface area contributed by atoms with Gasteiger partial charge in [0, 0.05) is 18.3 Å². The summed E-state index contributed by atoms with van der Waals surface area (Å²) in [4.78, 5) is 18.4. The predicted molar refractivity (Wildman–Crippen MR) is 110 cm³/mol. The lowest BCUT2D eigenvalue weighted by molar-refractivity contribution is -0.892. The third-order valence-electron chi connectivity index (χ3n) is 7.15. The number of rotatable bonds is 3. The van der Waals surface area contributed by atoms with Crippen LogP contribution in [0.1, 0.15) is 45.6 Å². The number of carbonyl (C=O) groups is 1. The van der Waals surface area contributed by atoms with Crippen molar-refractivity contribution in [3.63, 3.8) is 0 Å². The molecule has 1 aromatic carbocycles. The molecule has 0 unspecified atom stereocenters. The number of quaternary nitrogens is 1. The van der Waals surface area contributed by atoms with Gasteiger partial charge in [0.1, 0.15) is 0 Å². The fourth-order valence-electron chi connectivity index (χ4n) is 6.20. The Hall–Kier alpha value is -1.76. The number of amides is 1. The molecule has 166 valence electrons. The lowest BCUT2D eigenvalue weighted by Crippen LogP contribution is -3.16. The van der Waals surface area contributed by atoms with Crippen molar-refractivity contribution in [2.45, 2.75) is 52.3 Å². The van der Waals surface area contributed by atoms with Crippen LogP contribution >= 0.6 is 0 Å². The summed E-state index contributed by atoms with van der Waals surface area (Å²) in [6, 6.07) is 5.89. The summed E-state index contributed by atoms with van der Waals surface area (Å²) >= 11 is 0. The van der Waals surface area contributed by atoms with Crippen molar-refractivity contribution in [1.29, 1.82) is 0 Å². The summed E-state index contributed by atoms with van der Waals surface area (Å²) in [6.45, 7) is 11.2. The van der Waals surface area contributed by atoms with Crippen molar-refractivity contribution in [1.82, 2.24) is 4.90 Å². The van der Waals surface area contributed by atoms with Crippen molar-refractivity contribution in [2.24, 2.45) is 10.8 Å². The van der Waals surface area contributed by atoms with E-state index >= 15 is 0 Å². The Balaban J connectivity index is 1.33. The Labute approximate surface area is 177 Å². The summed E-state index contributed by atoms with van der Waals surface area (Å²) in [5.41, 5.74) is 0.524. The van der Waals surface area contributed by atoms with E-state index in [1.54, 1.807) is 6.07 Å². The fraction of sp³-hybridized carbons (Fsp3) is 0.696. The molecule has 1 aromatic rings. The van der Waals surface area contributed by atoms with Gasteiger partial charge in [-0.15, -0.1) is 0 Å². The van der Waals surface area contributed by atoms with Gasteiger partial charge in [0.05, 0.1) is 31.7 Å². The minimum absolute atomic E-state index is 0.236. The Morgan fingerprint density at radius 3 is 2.53 bits per heavy atom. The number of carbonyl (C=O) groups excluding carboxylic acids is 1. The molecule has 0 radical (unpaired) electrons. The van der Waals surface area contributed by atoms with Gasteiger partial charge in [0.25, 0.3) is 5.91 Å². The molecular weight excluding hydrogens is 391 g/mol. The standard InChI is InChI=1S/C23H32F3N3O/c1-21(2)12-19-13-22(3,15-21)16-29(19)20(30)14-27-7-9-28(10-8-27)18-6-4-5-17(11-18)23(24,25)26/h4-6,11,19H,7-10,12-16H2,1-3H3/p+1/t19-,22-/m0/s1. The van der Waals surface area contributed by atoms with Gasteiger partial charge in [0.2, 0.25) is 0 Å². The first kappa shape index (κ1) is 21.5. The molecule has 2 saturated heterocycles.